The predicted octanol–water partition coefficient (Wildman–Crippen LogP) is 5.10. The number of carbonyl (C=O) groups excluding carboxylic acids is 1. The lowest BCUT2D eigenvalue weighted by atomic mass is 10.1. The lowest BCUT2D eigenvalue weighted by molar-refractivity contribution is -0.384. The van der Waals surface area contributed by atoms with Gasteiger partial charge in [-0.2, -0.15) is 0 Å². The Labute approximate surface area is 142 Å². The number of nitro groups is 1. The van der Waals surface area contributed by atoms with Crippen LogP contribution in [0.4, 0.5) is 11.4 Å². The van der Waals surface area contributed by atoms with Crippen molar-refractivity contribution in [1.82, 2.24) is 0 Å². The molecule has 1 N–H and O–H groups in total. The number of benzene rings is 2. The van der Waals surface area contributed by atoms with Crippen LogP contribution in [0.25, 0.3) is 0 Å². The summed E-state index contributed by atoms with van der Waals surface area (Å²) in [7, 11) is 0. The molecule has 5 nitrogen and oxygen atoms in total. The van der Waals surface area contributed by atoms with Crippen molar-refractivity contribution in [2.75, 3.05) is 5.32 Å². The molecular weight excluding hydrogens is 339 g/mol. The monoisotopic (exact) mass is 350 g/mol. The normalized spacial score (nSPS) is 11.2. The molecule has 0 spiro atoms. The van der Waals surface area contributed by atoms with E-state index < -0.39 is 4.92 Å². The van der Waals surface area contributed by atoms with Crippen LogP contribution < -0.4 is 5.32 Å². The first-order valence-electron chi connectivity index (χ1n) is 6.56. The van der Waals surface area contributed by atoms with Crippen LogP contribution in [0.5, 0.6) is 0 Å². The summed E-state index contributed by atoms with van der Waals surface area (Å²) in [4.78, 5) is 22.4. The maximum absolute atomic E-state index is 12.1. The first-order chi connectivity index (χ1) is 10.9. The third-order valence-corrected chi connectivity index (χ3v) is 3.53. The predicted molar refractivity (Wildman–Crippen MR) is 91.3 cm³/mol. The van der Waals surface area contributed by atoms with E-state index in [1.807, 2.05) is 0 Å². The standard InChI is InChI=1S/C16H12Cl2N2O3/c1-10(8-16(21)11-2-4-12(17)5-3-11)19-13-6-7-14(18)15(9-13)20(22)23/h2-9,19H,1H3/b10-8+. The quantitative estimate of drug-likeness (QED) is 0.352. The van der Waals surface area contributed by atoms with Crippen LogP contribution >= 0.6 is 23.2 Å². The minimum atomic E-state index is -0.564. The zero-order valence-corrected chi connectivity index (χ0v) is 13.6. The highest BCUT2D eigenvalue weighted by atomic mass is 35.5. The van der Waals surface area contributed by atoms with Crippen molar-refractivity contribution in [2.45, 2.75) is 6.92 Å². The Kier molecular flexibility index (Phi) is 5.36. The van der Waals surface area contributed by atoms with Gasteiger partial charge in [-0.1, -0.05) is 23.2 Å². The molecule has 0 amide bonds. The highest BCUT2D eigenvalue weighted by Gasteiger charge is 2.13. The van der Waals surface area contributed by atoms with E-state index in [9.17, 15) is 14.9 Å². The Morgan fingerprint density at radius 3 is 2.43 bits per heavy atom. The fraction of sp³-hybridized carbons (Fsp3) is 0.0625. The second-order valence-electron chi connectivity index (χ2n) is 4.75. The van der Waals surface area contributed by atoms with Gasteiger partial charge in [0, 0.05) is 34.1 Å². The summed E-state index contributed by atoms with van der Waals surface area (Å²) in [6.45, 7) is 1.69. The molecule has 2 rings (SSSR count). The number of nitrogens with one attached hydrogen (secondary N) is 1. The van der Waals surface area contributed by atoms with Crippen LogP contribution in [0.1, 0.15) is 17.3 Å². The largest absolute Gasteiger partial charge is 0.359 e. The maximum atomic E-state index is 12.1. The van der Waals surface area contributed by atoms with Gasteiger partial charge in [-0.25, -0.2) is 0 Å². The molecule has 23 heavy (non-hydrogen) atoms. The third kappa shape index (κ3) is 4.55. The topological polar surface area (TPSA) is 72.2 Å². The molecule has 0 radical (unpaired) electrons. The molecule has 118 valence electrons. The average molecular weight is 351 g/mol. The molecule has 0 saturated heterocycles. The Hall–Kier alpha value is -2.37. The number of ketones is 1. The number of hydrogen-bond donors (Lipinski definition) is 1. The fourth-order valence-corrected chi connectivity index (χ4v) is 2.20. The van der Waals surface area contributed by atoms with E-state index in [0.717, 1.165) is 0 Å². The number of anilines is 1. The molecular formula is C16H12Cl2N2O3. The summed E-state index contributed by atoms with van der Waals surface area (Å²) in [5, 5.41) is 14.4. The van der Waals surface area contributed by atoms with Crippen LogP contribution in [0, 0.1) is 10.1 Å². The first kappa shape index (κ1) is 17.0. The summed E-state index contributed by atoms with van der Waals surface area (Å²) in [5.41, 5.74) is 1.31. The lowest BCUT2D eigenvalue weighted by Gasteiger charge is -2.07. The minimum absolute atomic E-state index is 0.0550. The average Bonchev–Trinajstić information content (AvgIpc) is 2.49. The molecule has 0 aromatic heterocycles. The summed E-state index contributed by atoms with van der Waals surface area (Å²) in [5.74, 6) is -0.199. The summed E-state index contributed by atoms with van der Waals surface area (Å²) < 4.78 is 0. The van der Waals surface area contributed by atoms with Gasteiger partial charge in [0.2, 0.25) is 0 Å². The minimum Gasteiger partial charge on any atom is -0.359 e. The van der Waals surface area contributed by atoms with Crippen LogP contribution in [-0.4, -0.2) is 10.7 Å². The van der Waals surface area contributed by atoms with Crippen LogP contribution in [0.2, 0.25) is 10.0 Å². The van der Waals surface area contributed by atoms with Crippen LogP contribution in [0.3, 0.4) is 0 Å². The number of halogens is 2. The Balaban J connectivity index is 2.16. The number of carbonyl (C=O) groups is 1. The molecule has 0 atom stereocenters. The molecule has 2 aromatic rings. The zero-order valence-electron chi connectivity index (χ0n) is 12.0. The van der Waals surface area contributed by atoms with Gasteiger partial charge in [-0.15, -0.1) is 0 Å². The second kappa shape index (κ2) is 7.26. The Bertz CT molecular complexity index is 786. The highest BCUT2D eigenvalue weighted by Crippen LogP contribution is 2.27. The van der Waals surface area contributed by atoms with Crippen molar-refractivity contribution in [1.29, 1.82) is 0 Å². The van der Waals surface area contributed by atoms with Gasteiger partial charge in [0.05, 0.1) is 4.92 Å². The van der Waals surface area contributed by atoms with Gasteiger partial charge in [-0.3, -0.25) is 14.9 Å². The Morgan fingerprint density at radius 2 is 1.83 bits per heavy atom. The number of rotatable bonds is 5. The van der Waals surface area contributed by atoms with Crippen LogP contribution in [-0.2, 0) is 0 Å². The third-order valence-electron chi connectivity index (χ3n) is 2.96. The van der Waals surface area contributed by atoms with Crippen molar-refractivity contribution in [3.63, 3.8) is 0 Å². The molecule has 0 saturated carbocycles. The van der Waals surface area contributed by atoms with Crippen molar-refractivity contribution in [2.24, 2.45) is 0 Å². The smallest absolute Gasteiger partial charge is 0.289 e. The SMILES string of the molecule is C/C(=C\C(=O)c1ccc(Cl)cc1)Nc1ccc(Cl)c([N+](=O)[O-])c1. The van der Waals surface area contributed by atoms with E-state index in [1.165, 1.54) is 18.2 Å². The maximum Gasteiger partial charge on any atom is 0.289 e. The van der Waals surface area contributed by atoms with Crippen molar-refractivity contribution in [3.8, 4) is 0 Å². The zero-order chi connectivity index (χ0) is 17.0. The number of hydrogen-bond acceptors (Lipinski definition) is 4. The van der Waals surface area contributed by atoms with E-state index in [2.05, 4.69) is 5.32 Å². The molecule has 7 heteroatoms. The highest BCUT2D eigenvalue weighted by molar-refractivity contribution is 6.32. The van der Waals surface area contributed by atoms with Crippen molar-refractivity contribution < 1.29 is 9.72 Å². The van der Waals surface area contributed by atoms with Gasteiger partial charge < -0.3 is 5.32 Å². The van der Waals surface area contributed by atoms with Gasteiger partial charge in [-0.05, 0) is 43.3 Å². The van der Waals surface area contributed by atoms with E-state index in [0.29, 0.717) is 22.0 Å². The van der Waals surface area contributed by atoms with Crippen LogP contribution in [0.15, 0.2) is 54.2 Å². The van der Waals surface area contributed by atoms with E-state index in [-0.39, 0.29) is 16.5 Å². The lowest BCUT2D eigenvalue weighted by Crippen LogP contribution is -2.02. The number of allylic oxidation sites excluding steroid dienone is 2. The molecule has 0 heterocycles. The number of nitro benzene ring substituents is 1. The van der Waals surface area contributed by atoms with Gasteiger partial charge >= 0.3 is 0 Å². The summed E-state index contributed by atoms with van der Waals surface area (Å²) in [6, 6.07) is 10.9. The molecule has 0 aliphatic rings. The van der Waals surface area contributed by atoms with Gasteiger partial charge in [0.25, 0.3) is 5.69 Å². The van der Waals surface area contributed by atoms with E-state index >= 15 is 0 Å². The van der Waals surface area contributed by atoms with Crippen molar-refractivity contribution >= 4 is 40.4 Å². The molecule has 2 aromatic carbocycles. The molecule has 0 aliphatic carbocycles. The Morgan fingerprint density at radius 1 is 1.17 bits per heavy atom. The number of nitrogens with zero attached hydrogens (tertiary/aromatic N) is 1. The second-order valence-corrected chi connectivity index (χ2v) is 5.59. The van der Waals surface area contributed by atoms with Gasteiger partial charge in [0.15, 0.2) is 5.78 Å². The molecule has 0 unspecified atom stereocenters. The molecule has 0 bridgehead atoms. The molecule has 0 aliphatic heterocycles. The van der Waals surface area contributed by atoms with E-state index in [1.54, 1.807) is 37.3 Å². The summed E-state index contributed by atoms with van der Waals surface area (Å²) >= 11 is 11.5. The van der Waals surface area contributed by atoms with Gasteiger partial charge in [0.1, 0.15) is 5.02 Å². The van der Waals surface area contributed by atoms with Crippen molar-refractivity contribution in [3.05, 3.63) is 80.0 Å². The summed E-state index contributed by atoms with van der Waals surface area (Å²) in [6.07, 6.45) is 1.41. The molecule has 0 fully saturated rings. The first-order valence-corrected chi connectivity index (χ1v) is 7.31. The fourth-order valence-electron chi connectivity index (χ4n) is 1.89. The van der Waals surface area contributed by atoms with E-state index in [4.69, 9.17) is 23.2 Å².